The number of esters is 1. The molecule has 50 heavy (non-hydrogen) atoms. The normalized spacial score (nSPS) is 16.9. The number of fused-ring (bicyclic) bond motifs is 2. The third-order valence-corrected chi connectivity index (χ3v) is 8.57. The van der Waals surface area contributed by atoms with E-state index >= 15 is 0 Å². The lowest BCUT2D eigenvalue weighted by Crippen LogP contribution is -2.57. The quantitative estimate of drug-likeness (QED) is 0.162. The number of methoxy groups -OCH3 is 1. The Morgan fingerprint density at radius 3 is 2.04 bits per heavy atom. The van der Waals surface area contributed by atoms with Crippen LogP contribution in [0, 0.1) is 0 Å². The predicted molar refractivity (Wildman–Crippen MR) is 186 cm³/mol. The second kappa shape index (κ2) is 15.9. The Bertz CT molecular complexity index is 1710. The minimum Gasteiger partial charge on any atom is -0.467 e. The highest BCUT2D eigenvalue weighted by Gasteiger charge is 2.47. The summed E-state index contributed by atoms with van der Waals surface area (Å²) < 4.78 is 15.9. The van der Waals surface area contributed by atoms with E-state index in [0.29, 0.717) is 30.8 Å². The molecule has 0 saturated carbocycles. The summed E-state index contributed by atoms with van der Waals surface area (Å²) in [7, 11) is 1.25. The number of ether oxygens (including phenoxy) is 3. The number of hydrogen-bond acceptors (Lipinski definition) is 8. The number of rotatable bonds is 11. The smallest absolute Gasteiger partial charge is 0.415 e. The van der Waals surface area contributed by atoms with Crippen LogP contribution in [0.2, 0.25) is 0 Å². The van der Waals surface area contributed by atoms with Gasteiger partial charge in [-0.2, -0.15) is 0 Å². The van der Waals surface area contributed by atoms with Gasteiger partial charge in [0, 0.05) is 25.1 Å². The summed E-state index contributed by atoms with van der Waals surface area (Å²) in [6, 6.07) is 21.0. The summed E-state index contributed by atoms with van der Waals surface area (Å²) >= 11 is 0. The predicted octanol–water partition coefficient (Wildman–Crippen LogP) is 5.07. The Morgan fingerprint density at radius 1 is 0.800 bits per heavy atom. The first-order chi connectivity index (χ1) is 24.0. The van der Waals surface area contributed by atoms with Crippen LogP contribution in [0.3, 0.4) is 0 Å². The van der Waals surface area contributed by atoms with Crippen molar-refractivity contribution in [3.63, 3.8) is 0 Å². The van der Waals surface area contributed by atoms with Gasteiger partial charge in [-0.25, -0.2) is 14.4 Å². The van der Waals surface area contributed by atoms with Crippen molar-refractivity contribution in [1.29, 1.82) is 0 Å². The van der Waals surface area contributed by atoms with E-state index in [9.17, 15) is 24.0 Å². The molecule has 2 N–H and O–H groups in total. The van der Waals surface area contributed by atoms with E-state index in [4.69, 9.17) is 14.2 Å². The van der Waals surface area contributed by atoms with Crippen LogP contribution in [0.25, 0.3) is 0 Å². The average Bonchev–Trinajstić information content (AvgIpc) is 3.69. The van der Waals surface area contributed by atoms with Crippen molar-refractivity contribution in [1.82, 2.24) is 10.6 Å². The number of nitrogens with zero attached hydrogens (tertiary/aromatic N) is 2. The summed E-state index contributed by atoms with van der Waals surface area (Å²) in [5.41, 5.74) is 2.83. The van der Waals surface area contributed by atoms with Crippen molar-refractivity contribution in [2.45, 2.75) is 83.2 Å². The number of amides is 4. The van der Waals surface area contributed by atoms with Gasteiger partial charge in [-0.15, -0.1) is 0 Å². The maximum absolute atomic E-state index is 14.5. The first kappa shape index (κ1) is 35.9. The van der Waals surface area contributed by atoms with Gasteiger partial charge in [-0.1, -0.05) is 66.7 Å². The number of carbonyl (C=O) groups excluding carboxylic acids is 5. The maximum Gasteiger partial charge on any atom is 0.415 e. The molecule has 0 saturated heterocycles. The van der Waals surface area contributed by atoms with E-state index in [1.165, 1.54) is 16.9 Å². The molecule has 3 aromatic rings. The molecule has 2 aliphatic heterocycles. The molecule has 0 aliphatic carbocycles. The summed E-state index contributed by atoms with van der Waals surface area (Å²) in [5, 5.41) is 5.51. The van der Waals surface area contributed by atoms with Crippen LogP contribution in [0.15, 0.2) is 78.9 Å². The number of unbranched alkanes of at least 4 members (excludes halogenated alkanes) is 1. The molecular weight excluding hydrogens is 640 g/mol. The molecule has 0 bridgehead atoms. The van der Waals surface area contributed by atoms with Crippen molar-refractivity contribution in [2.24, 2.45) is 0 Å². The van der Waals surface area contributed by atoms with Crippen molar-refractivity contribution in [3.8, 4) is 0 Å². The van der Waals surface area contributed by atoms with Gasteiger partial charge in [0.25, 0.3) is 5.91 Å². The highest BCUT2D eigenvalue weighted by Crippen LogP contribution is 2.38. The van der Waals surface area contributed by atoms with E-state index in [0.717, 1.165) is 16.7 Å². The second-order valence-corrected chi connectivity index (χ2v) is 13.3. The van der Waals surface area contributed by atoms with E-state index in [1.54, 1.807) is 45.0 Å². The van der Waals surface area contributed by atoms with Crippen LogP contribution in [0.5, 0.6) is 0 Å². The number of nitrogens with one attached hydrogen (secondary N) is 2. The minimum atomic E-state index is -0.979. The minimum absolute atomic E-state index is 0.153. The third kappa shape index (κ3) is 8.60. The topological polar surface area (TPSA) is 144 Å². The Labute approximate surface area is 292 Å². The number of benzene rings is 3. The Balaban J connectivity index is 1.25. The van der Waals surface area contributed by atoms with Crippen LogP contribution in [-0.4, -0.2) is 67.4 Å². The summed E-state index contributed by atoms with van der Waals surface area (Å²) in [5.74, 6) is -1.58. The van der Waals surface area contributed by atoms with Gasteiger partial charge in [0.05, 0.1) is 12.8 Å². The molecule has 5 rings (SSSR count). The van der Waals surface area contributed by atoms with E-state index in [-0.39, 0.29) is 25.9 Å². The molecule has 2 heterocycles. The molecule has 12 nitrogen and oxygen atoms in total. The monoisotopic (exact) mass is 684 g/mol. The number of anilines is 2. The molecule has 4 amide bonds. The average molecular weight is 685 g/mol. The molecular formula is C38H44N4O8. The van der Waals surface area contributed by atoms with Gasteiger partial charge in [0.15, 0.2) is 0 Å². The zero-order valence-corrected chi connectivity index (χ0v) is 28.8. The van der Waals surface area contributed by atoms with Crippen molar-refractivity contribution in [3.05, 3.63) is 95.6 Å². The molecule has 2 aliphatic rings. The van der Waals surface area contributed by atoms with Gasteiger partial charge < -0.3 is 24.8 Å². The lowest BCUT2D eigenvalue weighted by Gasteiger charge is -2.33. The van der Waals surface area contributed by atoms with Crippen LogP contribution in [-0.2, 0) is 48.0 Å². The van der Waals surface area contributed by atoms with Crippen LogP contribution < -0.4 is 20.4 Å². The highest BCUT2D eigenvalue weighted by molar-refractivity contribution is 6.11. The van der Waals surface area contributed by atoms with E-state index in [2.05, 4.69) is 10.6 Å². The number of para-hydroxylation sites is 2. The summed E-state index contributed by atoms with van der Waals surface area (Å²) in [6.45, 7) is 5.75. The summed E-state index contributed by atoms with van der Waals surface area (Å²) in [4.78, 5) is 69.7. The molecule has 0 fully saturated rings. The number of alkyl carbamates (subject to hydrolysis) is 1. The molecule has 3 atom stereocenters. The van der Waals surface area contributed by atoms with E-state index < -0.39 is 53.7 Å². The van der Waals surface area contributed by atoms with Crippen LogP contribution in [0.4, 0.5) is 21.0 Å². The molecule has 0 spiro atoms. The molecule has 12 heteroatoms. The summed E-state index contributed by atoms with van der Waals surface area (Å²) in [6.07, 6.45) is 0.524. The van der Waals surface area contributed by atoms with Gasteiger partial charge in [-0.3, -0.25) is 19.4 Å². The fourth-order valence-electron chi connectivity index (χ4n) is 6.25. The van der Waals surface area contributed by atoms with Crippen molar-refractivity contribution < 1.29 is 38.2 Å². The Kier molecular flexibility index (Phi) is 11.4. The van der Waals surface area contributed by atoms with E-state index in [1.807, 2.05) is 54.6 Å². The van der Waals surface area contributed by atoms with Gasteiger partial charge in [-0.05, 0) is 68.9 Å². The molecule has 0 aromatic heterocycles. The fourth-order valence-corrected chi connectivity index (χ4v) is 6.25. The molecule has 0 radical (unpaired) electrons. The third-order valence-electron chi connectivity index (χ3n) is 8.57. The first-order valence-corrected chi connectivity index (χ1v) is 16.8. The molecule has 264 valence electrons. The van der Waals surface area contributed by atoms with Crippen LogP contribution >= 0.6 is 0 Å². The largest absolute Gasteiger partial charge is 0.467 e. The number of hydrogen-bond donors (Lipinski definition) is 2. The number of carbonyl (C=O) groups is 5. The lowest BCUT2D eigenvalue weighted by molar-refractivity contribution is -0.145. The van der Waals surface area contributed by atoms with Gasteiger partial charge in [0.1, 0.15) is 30.3 Å². The highest BCUT2D eigenvalue weighted by atomic mass is 16.6. The molecule has 0 unspecified atom stereocenters. The van der Waals surface area contributed by atoms with Gasteiger partial charge >= 0.3 is 18.2 Å². The molecule has 3 aromatic carbocycles. The second-order valence-electron chi connectivity index (χ2n) is 13.3. The van der Waals surface area contributed by atoms with Crippen LogP contribution in [0.1, 0.15) is 56.7 Å². The zero-order valence-electron chi connectivity index (χ0n) is 28.8. The Hall–Kier alpha value is -5.39. The Morgan fingerprint density at radius 2 is 1.40 bits per heavy atom. The first-order valence-electron chi connectivity index (χ1n) is 16.8. The standard InChI is InChI=1S/C38H44N4O8/c1-38(2,3)50-37(47)42-30-20-11-9-17-27(30)23-32(42)34(44)41-29-19-10-8-16-26(29)22-31(41)33(43)40-28(35(45)48-4)18-12-13-21-39-36(46)49-24-25-14-6-5-7-15-25/h5-11,14-17,19-20,28,31-32H,12-13,18,21-24H2,1-4H3,(H,39,46)(H,40,43)/t28-,31+,32-/m0/s1. The van der Waals surface area contributed by atoms with Crippen molar-refractivity contribution in [2.75, 3.05) is 23.5 Å². The zero-order chi connectivity index (χ0) is 35.8. The maximum atomic E-state index is 14.5. The fraction of sp³-hybridized carbons (Fsp3) is 0.395. The SMILES string of the molecule is COC(=O)[C@H](CCCCNC(=O)OCc1ccccc1)NC(=O)[C@H]1Cc2ccccc2N1C(=O)[C@@H]1Cc2ccccc2N1C(=O)OC(C)(C)C. The lowest BCUT2D eigenvalue weighted by atomic mass is 10.1. The van der Waals surface area contributed by atoms with Gasteiger partial charge in [0.2, 0.25) is 5.91 Å². The van der Waals surface area contributed by atoms with Crippen molar-refractivity contribution >= 4 is 41.3 Å².